The van der Waals surface area contributed by atoms with Crippen LogP contribution in [0.5, 0.6) is 0 Å². The molecular weight excluding hydrogens is 325 g/mol. The molecule has 6 nitrogen and oxygen atoms in total. The van der Waals surface area contributed by atoms with E-state index in [1.54, 1.807) is 12.0 Å². The van der Waals surface area contributed by atoms with Gasteiger partial charge in [-0.05, 0) is 32.3 Å². The standard InChI is InChI=1S/C15H23F3N4O2/c1-11(6-10-24-2)19-14(23)21-7-3-12(4-8-21)22-9-5-13(20-22)15(16,17)18/h5,9,11-12H,3-4,6-8,10H2,1-2H3,(H,19,23)/t11-/m0/s1. The number of ether oxygens (including phenoxy) is 1. The maximum atomic E-state index is 12.6. The molecule has 2 heterocycles. The Bertz CT molecular complexity index is 539. The first-order valence-electron chi connectivity index (χ1n) is 7.98. The highest BCUT2D eigenvalue weighted by atomic mass is 19.4. The molecule has 0 unspecified atom stereocenters. The van der Waals surface area contributed by atoms with E-state index in [-0.39, 0.29) is 18.1 Å². The van der Waals surface area contributed by atoms with Gasteiger partial charge in [0.15, 0.2) is 5.69 Å². The number of aromatic nitrogens is 2. The van der Waals surface area contributed by atoms with Crippen LogP contribution < -0.4 is 5.32 Å². The molecule has 2 rings (SSSR count). The van der Waals surface area contributed by atoms with Crippen LogP contribution in [-0.4, -0.2) is 53.6 Å². The molecule has 1 atom stereocenters. The lowest BCUT2D eigenvalue weighted by molar-refractivity contribution is -0.141. The lowest BCUT2D eigenvalue weighted by Crippen LogP contribution is -2.47. The Balaban J connectivity index is 1.82. The van der Waals surface area contributed by atoms with Crippen LogP contribution in [0.1, 0.15) is 37.9 Å². The van der Waals surface area contributed by atoms with Gasteiger partial charge in [-0.3, -0.25) is 4.68 Å². The van der Waals surface area contributed by atoms with E-state index in [9.17, 15) is 18.0 Å². The minimum Gasteiger partial charge on any atom is -0.385 e. The van der Waals surface area contributed by atoms with Crippen LogP contribution in [0.15, 0.2) is 12.3 Å². The van der Waals surface area contributed by atoms with E-state index in [2.05, 4.69) is 10.4 Å². The van der Waals surface area contributed by atoms with E-state index < -0.39 is 11.9 Å². The van der Waals surface area contributed by atoms with E-state index in [1.807, 2.05) is 6.92 Å². The van der Waals surface area contributed by atoms with Crippen LogP contribution in [0, 0.1) is 0 Å². The third-order valence-corrected chi connectivity index (χ3v) is 4.15. The van der Waals surface area contributed by atoms with Crippen molar-refractivity contribution in [1.29, 1.82) is 0 Å². The maximum absolute atomic E-state index is 12.6. The van der Waals surface area contributed by atoms with Crippen LogP contribution >= 0.6 is 0 Å². The molecule has 2 amide bonds. The molecule has 24 heavy (non-hydrogen) atoms. The number of hydrogen-bond acceptors (Lipinski definition) is 3. The van der Waals surface area contributed by atoms with Crippen molar-refractivity contribution in [3.63, 3.8) is 0 Å². The summed E-state index contributed by atoms with van der Waals surface area (Å²) in [5, 5.41) is 6.51. The van der Waals surface area contributed by atoms with Gasteiger partial charge in [0.25, 0.3) is 0 Å². The molecule has 1 aliphatic rings. The van der Waals surface area contributed by atoms with Gasteiger partial charge in [-0.1, -0.05) is 0 Å². The van der Waals surface area contributed by atoms with Gasteiger partial charge in [-0.15, -0.1) is 0 Å². The summed E-state index contributed by atoms with van der Waals surface area (Å²) in [5.74, 6) is 0. The van der Waals surface area contributed by atoms with Crippen LogP contribution in [0.4, 0.5) is 18.0 Å². The summed E-state index contributed by atoms with van der Waals surface area (Å²) in [6.45, 7) is 3.47. The normalized spacial score (nSPS) is 17.8. The third kappa shape index (κ3) is 4.86. The van der Waals surface area contributed by atoms with E-state index in [1.165, 1.54) is 10.9 Å². The largest absolute Gasteiger partial charge is 0.435 e. The molecule has 1 aromatic rings. The van der Waals surface area contributed by atoms with Crippen molar-refractivity contribution in [2.24, 2.45) is 0 Å². The first-order chi connectivity index (χ1) is 11.3. The Labute approximate surface area is 138 Å². The Morgan fingerprint density at radius 2 is 2.12 bits per heavy atom. The number of nitrogens with one attached hydrogen (secondary N) is 1. The number of carbonyl (C=O) groups is 1. The van der Waals surface area contributed by atoms with Crippen LogP contribution in [-0.2, 0) is 10.9 Å². The predicted molar refractivity (Wildman–Crippen MR) is 81.6 cm³/mol. The highest BCUT2D eigenvalue weighted by Crippen LogP contribution is 2.29. The maximum Gasteiger partial charge on any atom is 0.435 e. The Kier molecular flexibility index (Phi) is 6.09. The molecule has 0 bridgehead atoms. The second-order valence-corrected chi connectivity index (χ2v) is 6.03. The molecule has 0 aromatic carbocycles. The third-order valence-electron chi connectivity index (χ3n) is 4.15. The number of amides is 2. The van der Waals surface area contributed by atoms with E-state index in [4.69, 9.17) is 4.74 Å². The van der Waals surface area contributed by atoms with Crippen molar-refractivity contribution in [2.45, 2.75) is 44.4 Å². The Hall–Kier alpha value is -1.77. The fourth-order valence-electron chi connectivity index (χ4n) is 2.69. The summed E-state index contributed by atoms with van der Waals surface area (Å²) in [7, 11) is 1.61. The molecule has 1 saturated heterocycles. The summed E-state index contributed by atoms with van der Waals surface area (Å²) in [4.78, 5) is 13.8. The van der Waals surface area contributed by atoms with Crippen LogP contribution in [0.3, 0.4) is 0 Å². The van der Waals surface area contributed by atoms with Crippen molar-refractivity contribution >= 4 is 6.03 Å². The quantitative estimate of drug-likeness (QED) is 0.890. The molecule has 0 radical (unpaired) electrons. The van der Waals surface area contributed by atoms with Gasteiger partial charge in [0.05, 0.1) is 6.04 Å². The smallest absolute Gasteiger partial charge is 0.385 e. The fourth-order valence-corrected chi connectivity index (χ4v) is 2.69. The SMILES string of the molecule is COCC[C@H](C)NC(=O)N1CCC(n2ccc(C(F)(F)F)n2)CC1. The summed E-state index contributed by atoms with van der Waals surface area (Å²) in [5.41, 5.74) is -0.880. The summed E-state index contributed by atoms with van der Waals surface area (Å²) < 4.78 is 44.1. The number of piperidine rings is 1. The highest BCUT2D eigenvalue weighted by molar-refractivity contribution is 5.74. The number of rotatable bonds is 5. The van der Waals surface area contributed by atoms with Crippen molar-refractivity contribution in [2.75, 3.05) is 26.8 Å². The summed E-state index contributed by atoms with van der Waals surface area (Å²) in [6, 6.07) is 0.733. The van der Waals surface area contributed by atoms with Gasteiger partial charge < -0.3 is 15.0 Å². The zero-order valence-electron chi connectivity index (χ0n) is 13.8. The number of alkyl halides is 3. The van der Waals surface area contributed by atoms with E-state index >= 15 is 0 Å². The van der Waals surface area contributed by atoms with Crippen LogP contribution in [0.2, 0.25) is 0 Å². The van der Waals surface area contributed by atoms with Gasteiger partial charge in [-0.2, -0.15) is 18.3 Å². The molecular formula is C15H23F3N4O2. The molecule has 1 aromatic heterocycles. The zero-order valence-corrected chi connectivity index (χ0v) is 13.8. The van der Waals surface area contributed by atoms with Gasteiger partial charge in [-0.25, -0.2) is 4.79 Å². The number of halogens is 3. The summed E-state index contributed by atoms with van der Waals surface area (Å²) >= 11 is 0. The molecule has 0 spiro atoms. The minimum atomic E-state index is -4.43. The monoisotopic (exact) mass is 348 g/mol. The summed E-state index contributed by atoms with van der Waals surface area (Å²) in [6.07, 6.45) is -1.18. The molecule has 9 heteroatoms. The van der Waals surface area contributed by atoms with Gasteiger partial charge >= 0.3 is 12.2 Å². The number of hydrogen-bond donors (Lipinski definition) is 1. The van der Waals surface area contributed by atoms with Crippen molar-refractivity contribution < 1.29 is 22.7 Å². The van der Waals surface area contributed by atoms with Crippen molar-refractivity contribution in [3.8, 4) is 0 Å². The van der Waals surface area contributed by atoms with Crippen LogP contribution in [0.25, 0.3) is 0 Å². The molecule has 1 aliphatic heterocycles. The average Bonchev–Trinajstić information content (AvgIpc) is 3.03. The highest BCUT2D eigenvalue weighted by Gasteiger charge is 2.34. The number of likely N-dealkylation sites (tertiary alicyclic amines) is 1. The predicted octanol–water partition coefficient (Wildman–Crippen LogP) is 2.67. The lowest BCUT2D eigenvalue weighted by atomic mass is 10.1. The molecule has 1 N–H and O–H groups in total. The van der Waals surface area contributed by atoms with Gasteiger partial charge in [0, 0.05) is 39.0 Å². The van der Waals surface area contributed by atoms with Crippen molar-refractivity contribution in [3.05, 3.63) is 18.0 Å². The number of urea groups is 1. The zero-order chi connectivity index (χ0) is 17.7. The fraction of sp³-hybridized carbons (Fsp3) is 0.733. The number of carbonyl (C=O) groups excluding carboxylic acids is 1. The van der Waals surface area contributed by atoms with E-state index in [0.29, 0.717) is 32.5 Å². The minimum absolute atomic E-state index is 0.00985. The second kappa shape index (κ2) is 7.87. The lowest BCUT2D eigenvalue weighted by Gasteiger charge is -2.33. The molecule has 0 aliphatic carbocycles. The first-order valence-corrected chi connectivity index (χ1v) is 7.98. The Morgan fingerprint density at radius 3 is 2.67 bits per heavy atom. The topological polar surface area (TPSA) is 59.4 Å². The molecule has 0 saturated carbocycles. The molecule has 136 valence electrons. The second-order valence-electron chi connectivity index (χ2n) is 6.03. The Morgan fingerprint density at radius 1 is 1.46 bits per heavy atom. The molecule has 1 fully saturated rings. The van der Waals surface area contributed by atoms with Gasteiger partial charge in [0.2, 0.25) is 0 Å². The average molecular weight is 348 g/mol. The van der Waals surface area contributed by atoms with Crippen molar-refractivity contribution in [1.82, 2.24) is 20.0 Å². The number of methoxy groups -OCH3 is 1. The van der Waals surface area contributed by atoms with Gasteiger partial charge in [0.1, 0.15) is 0 Å². The number of nitrogens with zero attached hydrogens (tertiary/aromatic N) is 3. The van der Waals surface area contributed by atoms with E-state index in [0.717, 1.165) is 12.5 Å². The first kappa shape index (κ1) is 18.6.